The second-order valence-electron chi connectivity index (χ2n) is 4.07. The molecule has 0 aliphatic heterocycles. The summed E-state index contributed by atoms with van der Waals surface area (Å²) in [5.41, 5.74) is 1.09. The smallest absolute Gasteiger partial charge is 0.263 e. The maximum Gasteiger partial charge on any atom is 0.263 e. The van der Waals surface area contributed by atoms with Gasteiger partial charge in [0.05, 0.1) is 5.02 Å². The molecule has 0 aliphatic carbocycles. The van der Waals surface area contributed by atoms with E-state index >= 15 is 0 Å². The molecular formula is C15H12ClNO3S. The third-order valence-electron chi connectivity index (χ3n) is 2.58. The summed E-state index contributed by atoms with van der Waals surface area (Å²) in [5.74, 6) is 5.24. The number of aliphatic hydroxyl groups is 1. The molecule has 0 fully saturated rings. The van der Waals surface area contributed by atoms with Crippen LogP contribution in [0.4, 0.5) is 5.69 Å². The molecule has 0 atom stereocenters. The molecule has 4 nitrogen and oxygen atoms in total. The summed E-state index contributed by atoms with van der Waals surface area (Å²) < 4.78 is 26.9. The molecule has 2 aromatic carbocycles. The highest BCUT2D eigenvalue weighted by Gasteiger charge is 2.17. The average Bonchev–Trinajstić information content (AvgIpc) is 2.46. The van der Waals surface area contributed by atoms with Gasteiger partial charge in [-0.1, -0.05) is 35.6 Å². The van der Waals surface area contributed by atoms with Gasteiger partial charge in [0.25, 0.3) is 10.0 Å². The molecule has 2 N–H and O–H groups in total. The van der Waals surface area contributed by atoms with Gasteiger partial charge in [0.1, 0.15) is 11.5 Å². The van der Waals surface area contributed by atoms with Gasteiger partial charge in [-0.05, 0) is 36.4 Å². The van der Waals surface area contributed by atoms with Crippen LogP contribution >= 0.6 is 11.6 Å². The number of aliphatic hydroxyl groups excluding tert-OH is 1. The van der Waals surface area contributed by atoms with E-state index in [1.54, 1.807) is 36.4 Å². The van der Waals surface area contributed by atoms with Gasteiger partial charge in [-0.3, -0.25) is 4.72 Å². The highest BCUT2D eigenvalue weighted by Crippen LogP contribution is 2.23. The minimum absolute atomic E-state index is 0.0239. The third-order valence-corrected chi connectivity index (χ3v) is 4.46. The molecule has 0 saturated heterocycles. The Morgan fingerprint density at radius 3 is 2.38 bits per heavy atom. The van der Waals surface area contributed by atoms with Gasteiger partial charge < -0.3 is 5.11 Å². The SMILES string of the molecule is O=S(=O)(Nc1ccc(C#CCO)cc1)c1ccccc1Cl. The van der Waals surface area contributed by atoms with E-state index in [1.807, 2.05) is 0 Å². The molecule has 0 spiro atoms. The van der Waals surface area contributed by atoms with Crippen LogP contribution in [0.15, 0.2) is 53.4 Å². The summed E-state index contributed by atoms with van der Waals surface area (Å²) in [5, 5.41) is 8.77. The van der Waals surface area contributed by atoms with Crippen LogP contribution in [0, 0.1) is 11.8 Å². The van der Waals surface area contributed by atoms with Crippen LogP contribution in [0.5, 0.6) is 0 Å². The number of hydrogen-bond donors (Lipinski definition) is 2. The van der Waals surface area contributed by atoms with Crippen LogP contribution in [0.25, 0.3) is 0 Å². The zero-order valence-electron chi connectivity index (χ0n) is 10.9. The van der Waals surface area contributed by atoms with E-state index in [4.69, 9.17) is 16.7 Å². The number of benzene rings is 2. The lowest BCUT2D eigenvalue weighted by molar-refractivity contribution is 0.350. The molecule has 0 amide bonds. The standard InChI is InChI=1S/C15H12ClNO3S/c16-14-5-1-2-6-15(14)21(19,20)17-13-9-7-12(8-10-13)4-3-11-18/h1-2,5-10,17-18H,11H2. The second-order valence-corrected chi connectivity index (χ2v) is 6.13. The van der Waals surface area contributed by atoms with Crippen LogP contribution < -0.4 is 4.72 Å². The summed E-state index contributed by atoms with van der Waals surface area (Å²) in [6.45, 7) is -0.221. The first kappa shape index (κ1) is 15.4. The second kappa shape index (κ2) is 6.64. The average molecular weight is 322 g/mol. The van der Waals surface area contributed by atoms with Gasteiger partial charge in [0.15, 0.2) is 0 Å². The maximum atomic E-state index is 12.2. The molecule has 0 saturated carbocycles. The largest absolute Gasteiger partial charge is 0.384 e. The van der Waals surface area contributed by atoms with Crippen molar-refractivity contribution in [2.45, 2.75) is 4.90 Å². The molecule has 0 radical (unpaired) electrons. The zero-order valence-corrected chi connectivity index (χ0v) is 12.4. The van der Waals surface area contributed by atoms with Crippen molar-refractivity contribution in [2.75, 3.05) is 11.3 Å². The van der Waals surface area contributed by atoms with E-state index in [1.165, 1.54) is 12.1 Å². The van der Waals surface area contributed by atoms with Crippen LogP contribution in [-0.4, -0.2) is 20.1 Å². The lowest BCUT2D eigenvalue weighted by Crippen LogP contribution is -2.13. The lowest BCUT2D eigenvalue weighted by Gasteiger charge is -2.09. The Bertz CT molecular complexity index is 790. The van der Waals surface area contributed by atoms with Crippen LogP contribution in [0.3, 0.4) is 0 Å². The number of sulfonamides is 1. The topological polar surface area (TPSA) is 66.4 Å². The Kier molecular flexibility index (Phi) is 4.86. The molecule has 0 aromatic heterocycles. The molecule has 6 heteroatoms. The first-order chi connectivity index (χ1) is 10.0. The van der Waals surface area contributed by atoms with Crippen LogP contribution in [0.2, 0.25) is 5.02 Å². The molecule has 108 valence electrons. The summed E-state index contributed by atoms with van der Waals surface area (Å²) >= 11 is 5.90. The Morgan fingerprint density at radius 1 is 1.10 bits per heavy atom. The van der Waals surface area contributed by atoms with E-state index in [2.05, 4.69) is 16.6 Å². The number of hydrogen-bond acceptors (Lipinski definition) is 3. The zero-order chi connectivity index (χ0) is 15.3. The van der Waals surface area contributed by atoms with Crippen LogP contribution in [0.1, 0.15) is 5.56 Å². The van der Waals surface area contributed by atoms with E-state index in [-0.39, 0.29) is 16.5 Å². The molecule has 0 bridgehead atoms. The molecular weight excluding hydrogens is 310 g/mol. The van der Waals surface area contributed by atoms with Gasteiger partial charge in [0.2, 0.25) is 0 Å². The summed E-state index contributed by atoms with van der Waals surface area (Å²) in [4.78, 5) is 0.0239. The monoisotopic (exact) mass is 321 g/mol. The lowest BCUT2D eigenvalue weighted by atomic mass is 10.2. The van der Waals surface area contributed by atoms with Crippen LogP contribution in [-0.2, 0) is 10.0 Å². The molecule has 21 heavy (non-hydrogen) atoms. The van der Waals surface area contributed by atoms with Crippen molar-refractivity contribution >= 4 is 27.3 Å². The van der Waals surface area contributed by atoms with E-state index in [0.717, 1.165) is 0 Å². The Labute approximate surface area is 128 Å². The molecule has 2 aromatic rings. The highest BCUT2D eigenvalue weighted by atomic mass is 35.5. The van der Waals surface area contributed by atoms with E-state index in [9.17, 15) is 8.42 Å². The molecule has 0 aliphatic rings. The van der Waals surface area contributed by atoms with Crippen molar-refractivity contribution in [3.63, 3.8) is 0 Å². The van der Waals surface area contributed by atoms with Gasteiger partial charge in [-0.2, -0.15) is 0 Å². The third kappa shape index (κ3) is 3.99. The Morgan fingerprint density at radius 2 is 1.76 bits per heavy atom. The predicted octanol–water partition coefficient (Wildman–Crippen LogP) is 2.48. The normalized spacial score (nSPS) is 10.6. The minimum Gasteiger partial charge on any atom is -0.384 e. The summed E-state index contributed by atoms with van der Waals surface area (Å²) in [6.07, 6.45) is 0. The van der Waals surface area contributed by atoms with Gasteiger partial charge in [-0.25, -0.2) is 8.42 Å². The number of rotatable bonds is 3. The first-order valence-electron chi connectivity index (χ1n) is 6.00. The summed E-state index contributed by atoms with van der Waals surface area (Å²) in [6, 6.07) is 12.7. The van der Waals surface area contributed by atoms with Crippen molar-refractivity contribution in [1.29, 1.82) is 0 Å². The van der Waals surface area contributed by atoms with Gasteiger partial charge in [0, 0.05) is 11.3 Å². The Balaban J connectivity index is 2.23. The summed E-state index contributed by atoms with van der Waals surface area (Å²) in [7, 11) is -3.73. The van der Waals surface area contributed by atoms with Gasteiger partial charge >= 0.3 is 0 Å². The van der Waals surface area contributed by atoms with E-state index in [0.29, 0.717) is 11.3 Å². The first-order valence-corrected chi connectivity index (χ1v) is 7.86. The van der Waals surface area contributed by atoms with Crippen molar-refractivity contribution in [3.8, 4) is 11.8 Å². The highest BCUT2D eigenvalue weighted by molar-refractivity contribution is 7.92. The maximum absolute atomic E-state index is 12.2. The fourth-order valence-corrected chi connectivity index (χ4v) is 3.22. The molecule has 0 heterocycles. The minimum atomic E-state index is -3.73. The van der Waals surface area contributed by atoms with Crippen molar-refractivity contribution in [3.05, 3.63) is 59.1 Å². The van der Waals surface area contributed by atoms with E-state index < -0.39 is 10.0 Å². The van der Waals surface area contributed by atoms with Gasteiger partial charge in [-0.15, -0.1) is 0 Å². The quantitative estimate of drug-likeness (QED) is 0.854. The van der Waals surface area contributed by atoms with Crippen molar-refractivity contribution < 1.29 is 13.5 Å². The number of nitrogens with one attached hydrogen (secondary N) is 1. The molecule has 0 unspecified atom stereocenters. The van der Waals surface area contributed by atoms with Crippen molar-refractivity contribution in [2.24, 2.45) is 0 Å². The fraction of sp³-hybridized carbons (Fsp3) is 0.0667. The number of halogens is 1. The number of anilines is 1. The fourth-order valence-electron chi connectivity index (χ4n) is 1.64. The van der Waals surface area contributed by atoms with Crippen molar-refractivity contribution in [1.82, 2.24) is 0 Å². The predicted molar refractivity (Wildman–Crippen MR) is 82.7 cm³/mol. The Hall–Kier alpha value is -2.00. The molecule has 2 rings (SSSR count).